The molecule has 0 bridgehead atoms. The maximum atomic E-state index is 11.8. The summed E-state index contributed by atoms with van der Waals surface area (Å²) in [7, 11) is 0. The van der Waals surface area contributed by atoms with Crippen LogP contribution in [0.15, 0.2) is 60.7 Å². The molecule has 2 aromatic carbocycles. The molecular formula is C17H16O4. The van der Waals surface area contributed by atoms with E-state index in [2.05, 4.69) is 0 Å². The van der Waals surface area contributed by atoms with Crippen LogP contribution in [0.1, 0.15) is 16.8 Å². The molecule has 4 nitrogen and oxygen atoms in total. The minimum atomic E-state index is -0.541. The molecule has 0 unspecified atom stereocenters. The Morgan fingerprint density at radius 3 is 2.10 bits per heavy atom. The van der Waals surface area contributed by atoms with Crippen LogP contribution in [-0.4, -0.2) is 25.0 Å². The summed E-state index contributed by atoms with van der Waals surface area (Å²) in [5.74, 6) is -0.0704. The number of carbonyl (C=O) groups excluding carboxylic acids is 2. The van der Waals surface area contributed by atoms with Crippen LogP contribution < -0.4 is 4.74 Å². The van der Waals surface area contributed by atoms with Crippen LogP contribution in [-0.2, 0) is 9.53 Å². The molecule has 0 aliphatic rings. The normalized spacial score (nSPS) is 9.90. The van der Waals surface area contributed by atoms with Crippen molar-refractivity contribution in [3.05, 3.63) is 66.2 Å². The number of hydrogen-bond donors (Lipinski definition) is 0. The first-order valence-electron chi connectivity index (χ1n) is 6.67. The molecule has 0 amide bonds. The fourth-order valence-corrected chi connectivity index (χ4v) is 1.74. The zero-order valence-electron chi connectivity index (χ0n) is 11.5. The van der Waals surface area contributed by atoms with Gasteiger partial charge in [0.15, 0.2) is 5.78 Å². The van der Waals surface area contributed by atoms with E-state index in [9.17, 15) is 9.59 Å². The molecule has 21 heavy (non-hydrogen) atoms. The average Bonchev–Trinajstić information content (AvgIpc) is 2.53. The smallest absolute Gasteiger partial charge is 0.313 e. The lowest BCUT2D eigenvalue weighted by atomic mass is 10.1. The van der Waals surface area contributed by atoms with E-state index >= 15 is 0 Å². The third-order valence-corrected chi connectivity index (χ3v) is 2.76. The molecule has 0 aromatic heterocycles. The van der Waals surface area contributed by atoms with E-state index < -0.39 is 5.97 Å². The van der Waals surface area contributed by atoms with E-state index in [0.29, 0.717) is 11.3 Å². The van der Waals surface area contributed by atoms with Gasteiger partial charge in [-0.1, -0.05) is 48.5 Å². The third-order valence-electron chi connectivity index (χ3n) is 2.76. The van der Waals surface area contributed by atoms with Gasteiger partial charge in [0.2, 0.25) is 0 Å². The number of carbonyl (C=O) groups is 2. The molecule has 2 aromatic rings. The van der Waals surface area contributed by atoms with Gasteiger partial charge in [0, 0.05) is 5.56 Å². The summed E-state index contributed by atoms with van der Waals surface area (Å²) in [4.78, 5) is 23.3. The molecule has 2 rings (SSSR count). The Morgan fingerprint density at radius 1 is 0.810 bits per heavy atom. The van der Waals surface area contributed by atoms with Gasteiger partial charge in [-0.2, -0.15) is 0 Å². The highest BCUT2D eigenvalue weighted by Crippen LogP contribution is 2.08. The van der Waals surface area contributed by atoms with Crippen LogP contribution in [0.3, 0.4) is 0 Å². The molecule has 0 heterocycles. The van der Waals surface area contributed by atoms with Crippen molar-refractivity contribution in [2.75, 3.05) is 13.2 Å². The van der Waals surface area contributed by atoms with Crippen molar-refractivity contribution in [3.8, 4) is 5.75 Å². The second kappa shape index (κ2) is 7.85. The van der Waals surface area contributed by atoms with E-state index in [1.807, 2.05) is 36.4 Å². The van der Waals surface area contributed by atoms with Crippen molar-refractivity contribution in [2.24, 2.45) is 0 Å². The molecule has 0 spiro atoms. The van der Waals surface area contributed by atoms with Crippen LogP contribution in [0, 0.1) is 0 Å². The lowest BCUT2D eigenvalue weighted by molar-refractivity contribution is -0.143. The van der Waals surface area contributed by atoms with Gasteiger partial charge in [-0.15, -0.1) is 0 Å². The Balaban J connectivity index is 1.67. The lowest BCUT2D eigenvalue weighted by Gasteiger charge is -2.07. The van der Waals surface area contributed by atoms with Crippen molar-refractivity contribution in [3.63, 3.8) is 0 Å². The number of para-hydroxylation sites is 1. The average molecular weight is 284 g/mol. The number of Topliss-reactive ketones (excluding diaryl/α,β-unsaturated/α-hetero) is 1. The summed E-state index contributed by atoms with van der Waals surface area (Å²) < 4.78 is 10.4. The van der Waals surface area contributed by atoms with Gasteiger partial charge in [0.1, 0.15) is 25.4 Å². The Hall–Kier alpha value is -2.62. The maximum Gasteiger partial charge on any atom is 0.313 e. The van der Waals surface area contributed by atoms with Gasteiger partial charge in [-0.05, 0) is 12.1 Å². The fraction of sp³-hybridized carbons (Fsp3) is 0.176. The first-order valence-corrected chi connectivity index (χ1v) is 6.67. The Labute approximate surface area is 123 Å². The van der Waals surface area contributed by atoms with Crippen molar-refractivity contribution in [1.29, 1.82) is 0 Å². The zero-order valence-corrected chi connectivity index (χ0v) is 11.5. The summed E-state index contributed by atoms with van der Waals surface area (Å²) >= 11 is 0. The van der Waals surface area contributed by atoms with Gasteiger partial charge in [-0.3, -0.25) is 9.59 Å². The molecule has 0 N–H and O–H groups in total. The monoisotopic (exact) mass is 284 g/mol. The Morgan fingerprint density at radius 2 is 1.43 bits per heavy atom. The van der Waals surface area contributed by atoms with Gasteiger partial charge < -0.3 is 9.47 Å². The first-order chi connectivity index (χ1) is 10.3. The molecule has 108 valence electrons. The molecular weight excluding hydrogens is 268 g/mol. The zero-order chi connectivity index (χ0) is 14.9. The molecule has 0 saturated carbocycles. The predicted octanol–water partition coefficient (Wildman–Crippen LogP) is 2.88. The predicted molar refractivity (Wildman–Crippen MR) is 78.3 cm³/mol. The Kier molecular flexibility index (Phi) is 5.52. The van der Waals surface area contributed by atoms with E-state index in [0.717, 1.165) is 0 Å². The van der Waals surface area contributed by atoms with Gasteiger partial charge in [0.05, 0.1) is 0 Å². The summed E-state index contributed by atoms with van der Waals surface area (Å²) in [6.07, 6.45) is -0.255. The van der Waals surface area contributed by atoms with E-state index in [-0.39, 0.29) is 25.4 Å². The number of ether oxygens (including phenoxy) is 2. The van der Waals surface area contributed by atoms with Crippen molar-refractivity contribution >= 4 is 11.8 Å². The molecule has 0 atom stereocenters. The minimum absolute atomic E-state index is 0.121. The number of ketones is 1. The molecule has 0 aliphatic heterocycles. The third kappa shape index (κ3) is 5.10. The highest BCUT2D eigenvalue weighted by Gasteiger charge is 2.12. The summed E-state index contributed by atoms with van der Waals surface area (Å²) in [5, 5.41) is 0. The topological polar surface area (TPSA) is 52.6 Å². The van der Waals surface area contributed by atoms with E-state index in [1.54, 1.807) is 24.3 Å². The summed E-state index contributed by atoms with van der Waals surface area (Å²) in [6.45, 7) is 0.380. The SMILES string of the molecule is O=C(CC(=O)c1ccccc1)OCCOc1ccccc1. The minimum Gasteiger partial charge on any atom is -0.490 e. The number of esters is 1. The second-order valence-corrected chi connectivity index (χ2v) is 4.35. The molecule has 0 saturated heterocycles. The van der Waals surface area contributed by atoms with Crippen LogP contribution in [0.4, 0.5) is 0 Å². The quantitative estimate of drug-likeness (QED) is 0.339. The lowest BCUT2D eigenvalue weighted by Crippen LogP contribution is -2.15. The van der Waals surface area contributed by atoms with Crippen molar-refractivity contribution in [2.45, 2.75) is 6.42 Å². The molecule has 0 aliphatic carbocycles. The van der Waals surface area contributed by atoms with Crippen molar-refractivity contribution in [1.82, 2.24) is 0 Å². The van der Waals surface area contributed by atoms with Gasteiger partial charge in [0.25, 0.3) is 0 Å². The van der Waals surface area contributed by atoms with E-state index in [1.165, 1.54) is 0 Å². The van der Waals surface area contributed by atoms with Crippen LogP contribution >= 0.6 is 0 Å². The Bertz CT molecular complexity index is 578. The standard InChI is InChI=1S/C17H16O4/c18-16(14-7-3-1-4-8-14)13-17(19)21-12-11-20-15-9-5-2-6-10-15/h1-10H,11-13H2. The van der Waals surface area contributed by atoms with Crippen LogP contribution in [0.5, 0.6) is 5.75 Å². The largest absolute Gasteiger partial charge is 0.490 e. The molecule has 0 fully saturated rings. The molecule has 0 radical (unpaired) electrons. The van der Waals surface area contributed by atoms with Crippen LogP contribution in [0.2, 0.25) is 0 Å². The summed E-state index contributed by atoms with van der Waals surface area (Å²) in [5.41, 5.74) is 0.509. The maximum absolute atomic E-state index is 11.8. The first kappa shape index (κ1) is 14.8. The number of rotatable bonds is 7. The van der Waals surface area contributed by atoms with Crippen LogP contribution in [0.25, 0.3) is 0 Å². The molecule has 4 heteroatoms. The van der Waals surface area contributed by atoms with Gasteiger partial charge >= 0.3 is 5.97 Å². The highest BCUT2D eigenvalue weighted by atomic mass is 16.6. The number of benzene rings is 2. The summed E-state index contributed by atoms with van der Waals surface area (Å²) in [6, 6.07) is 17.9. The highest BCUT2D eigenvalue weighted by molar-refractivity contribution is 6.05. The fourth-order valence-electron chi connectivity index (χ4n) is 1.74. The van der Waals surface area contributed by atoms with Gasteiger partial charge in [-0.25, -0.2) is 0 Å². The van der Waals surface area contributed by atoms with Crippen molar-refractivity contribution < 1.29 is 19.1 Å². The van der Waals surface area contributed by atoms with E-state index in [4.69, 9.17) is 9.47 Å². The number of hydrogen-bond acceptors (Lipinski definition) is 4. The second-order valence-electron chi connectivity index (χ2n) is 4.35.